The van der Waals surface area contributed by atoms with Crippen molar-refractivity contribution < 1.29 is 0 Å². The van der Waals surface area contributed by atoms with Crippen molar-refractivity contribution in [1.82, 2.24) is 19.7 Å². The third-order valence-electron chi connectivity index (χ3n) is 5.06. The number of hydrogen-bond donors (Lipinski definition) is 1. The predicted molar refractivity (Wildman–Crippen MR) is 114 cm³/mol. The fraction of sp³-hybridized carbons (Fsp3) is 0.333. The van der Waals surface area contributed by atoms with Gasteiger partial charge in [-0.1, -0.05) is 25.8 Å². The van der Waals surface area contributed by atoms with Crippen molar-refractivity contribution in [3.8, 4) is 0 Å². The summed E-state index contributed by atoms with van der Waals surface area (Å²) < 4.78 is 2.08. The lowest BCUT2D eigenvalue weighted by Gasteiger charge is -2.22. The molecule has 1 saturated carbocycles. The number of rotatable bonds is 6. The van der Waals surface area contributed by atoms with E-state index in [9.17, 15) is 0 Å². The van der Waals surface area contributed by atoms with E-state index in [0.717, 1.165) is 22.4 Å². The molecular weight excluding hydrogens is 350 g/mol. The highest BCUT2D eigenvalue weighted by Gasteiger charge is 2.19. The molecule has 4 rings (SSSR count). The molecule has 0 amide bonds. The van der Waals surface area contributed by atoms with Crippen LogP contribution >= 0.6 is 0 Å². The van der Waals surface area contributed by atoms with Gasteiger partial charge in [-0.3, -0.25) is 0 Å². The van der Waals surface area contributed by atoms with Gasteiger partial charge in [0, 0.05) is 24.3 Å². The van der Waals surface area contributed by atoms with Crippen molar-refractivity contribution in [3.63, 3.8) is 0 Å². The Morgan fingerprint density at radius 1 is 1.18 bits per heavy atom. The molecule has 1 aliphatic carbocycles. The summed E-state index contributed by atoms with van der Waals surface area (Å²) in [5.41, 5.74) is 2.75. The Kier molecular flexibility index (Phi) is 5.32. The van der Waals surface area contributed by atoms with Gasteiger partial charge in [-0.15, -0.1) is 0 Å². The number of nitrogens with zero attached hydrogens (tertiary/aromatic N) is 6. The van der Waals surface area contributed by atoms with Gasteiger partial charge in [-0.25, -0.2) is 14.7 Å². The second kappa shape index (κ2) is 8.21. The Bertz CT molecular complexity index is 968. The van der Waals surface area contributed by atoms with Gasteiger partial charge in [0.25, 0.3) is 0 Å². The van der Waals surface area contributed by atoms with Gasteiger partial charge < -0.3 is 5.32 Å². The molecule has 0 unspecified atom stereocenters. The molecule has 0 radical (unpaired) electrons. The predicted octanol–water partition coefficient (Wildman–Crippen LogP) is 5.03. The summed E-state index contributed by atoms with van der Waals surface area (Å²) in [5, 5.41) is 14.8. The van der Waals surface area contributed by atoms with Crippen LogP contribution in [0.5, 0.6) is 0 Å². The normalized spacial score (nSPS) is 15.2. The van der Waals surface area contributed by atoms with Crippen molar-refractivity contribution in [3.05, 3.63) is 49.4 Å². The van der Waals surface area contributed by atoms with Crippen LogP contribution in [0.3, 0.4) is 0 Å². The van der Waals surface area contributed by atoms with Gasteiger partial charge in [0.05, 0.1) is 23.3 Å². The van der Waals surface area contributed by atoms with E-state index < -0.39 is 0 Å². The quantitative estimate of drug-likeness (QED) is 0.483. The Labute approximate surface area is 164 Å². The zero-order valence-corrected chi connectivity index (χ0v) is 16.1. The topological polar surface area (TPSA) is 71.2 Å². The van der Waals surface area contributed by atoms with Gasteiger partial charge in [0.2, 0.25) is 5.95 Å². The van der Waals surface area contributed by atoms with Gasteiger partial charge in [-0.05, 0) is 44.0 Å². The van der Waals surface area contributed by atoms with E-state index >= 15 is 0 Å². The lowest BCUT2D eigenvalue weighted by atomic mass is 9.96. The molecule has 0 saturated heterocycles. The number of anilines is 3. The smallest absolute Gasteiger partial charge is 0.229 e. The highest BCUT2D eigenvalue weighted by molar-refractivity contribution is 5.75. The summed E-state index contributed by atoms with van der Waals surface area (Å²) in [5.74, 6) is 0.574. The molecule has 28 heavy (non-hydrogen) atoms. The van der Waals surface area contributed by atoms with Crippen LogP contribution in [0.25, 0.3) is 11.0 Å². The van der Waals surface area contributed by atoms with Gasteiger partial charge in [0.15, 0.2) is 5.65 Å². The number of hydrogen-bond acceptors (Lipinski definition) is 6. The van der Waals surface area contributed by atoms with Crippen LogP contribution in [0.4, 0.5) is 17.3 Å². The van der Waals surface area contributed by atoms with E-state index in [-0.39, 0.29) is 0 Å². The van der Waals surface area contributed by atoms with Gasteiger partial charge in [-0.2, -0.15) is 15.2 Å². The van der Waals surface area contributed by atoms with Crippen LogP contribution in [0, 0.1) is 0 Å². The van der Waals surface area contributed by atoms with E-state index in [0.29, 0.717) is 12.0 Å². The zero-order valence-electron chi connectivity index (χ0n) is 16.1. The lowest BCUT2D eigenvalue weighted by molar-refractivity contribution is 0.336. The van der Waals surface area contributed by atoms with Crippen LogP contribution in [0.2, 0.25) is 0 Å². The Morgan fingerprint density at radius 3 is 2.68 bits per heavy atom. The summed E-state index contributed by atoms with van der Waals surface area (Å²) >= 11 is 0. The van der Waals surface area contributed by atoms with Crippen LogP contribution in [-0.2, 0) is 0 Å². The largest absolute Gasteiger partial charge is 0.324 e. The number of fused-ring (bicyclic) bond motifs is 1. The summed E-state index contributed by atoms with van der Waals surface area (Å²) in [6.45, 7) is 5.66. The maximum Gasteiger partial charge on any atom is 0.229 e. The highest BCUT2D eigenvalue weighted by Crippen LogP contribution is 2.30. The first-order valence-corrected chi connectivity index (χ1v) is 9.76. The molecule has 7 nitrogen and oxygen atoms in total. The molecule has 2 aromatic heterocycles. The summed E-state index contributed by atoms with van der Waals surface area (Å²) in [6.07, 6.45) is 13.3. The summed E-state index contributed by atoms with van der Waals surface area (Å²) in [7, 11) is 0. The van der Waals surface area contributed by atoms with Crippen LogP contribution in [0.1, 0.15) is 45.1 Å². The molecule has 1 fully saturated rings. The first kappa shape index (κ1) is 18.2. The van der Waals surface area contributed by atoms with Crippen molar-refractivity contribution in [1.29, 1.82) is 0 Å². The van der Waals surface area contributed by atoms with E-state index in [1.807, 2.05) is 43.6 Å². The second-order valence-corrected chi connectivity index (χ2v) is 6.93. The average Bonchev–Trinajstić information content (AvgIpc) is 3.17. The molecule has 2 heterocycles. The first-order chi connectivity index (χ1) is 13.8. The fourth-order valence-electron chi connectivity index (χ4n) is 3.66. The third-order valence-corrected chi connectivity index (χ3v) is 5.06. The summed E-state index contributed by atoms with van der Waals surface area (Å²) in [6, 6.07) is 8.34. The van der Waals surface area contributed by atoms with Gasteiger partial charge in [0.1, 0.15) is 0 Å². The molecule has 0 aliphatic heterocycles. The van der Waals surface area contributed by atoms with Crippen molar-refractivity contribution in [2.75, 3.05) is 10.3 Å². The first-order valence-electron chi connectivity index (χ1n) is 9.76. The maximum atomic E-state index is 4.74. The van der Waals surface area contributed by atoms with E-state index in [4.69, 9.17) is 4.98 Å². The van der Waals surface area contributed by atoms with Crippen molar-refractivity contribution >= 4 is 34.6 Å². The molecule has 1 aromatic carbocycles. The van der Waals surface area contributed by atoms with Crippen molar-refractivity contribution in [2.24, 2.45) is 5.10 Å². The Hall–Kier alpha value is -3.22. The number of benzene rings is 1. The van der Waals surface area contributed by atoms with Gasteiger partial charge >= 0.3 is 0 Å². The molecular formula is C21H25N7. The van der Waals surface area contributed by atoms with Crippen LogP contribution in [0.15, 0.2) is 54.5 Å². The van der Waals surface area contributed by atoms with Crippen LogP contribution < -0.4 is 10.3 Å². The molecule has 3 aromatic rings. The van der Waals surface area contributed by atoms with E-state index in [1.54, 1.807) is 17.4 Å². The number of hydrazone groups is 1. The Balaban J connectivity index is 1.55. The SMILES string of the molecule is C=CN(/N=C\C)c1ccc(Nc2ncc3cnn(C4CCCCC4)c3n2)cc1. The average molecular weight is 375 g/mol. The standard InChI is InChI=1S/C21H25N7/c1-3-23-27(4-2)18-12-10-17(11-13-18)25-21-22-14-16-15-24-28(20(16)26-21)19-8-6-5-7-9-19/h3-4,10-15,19H,2,5-9H2,1H3,(H,22,25,26)/b23-3-. The molecule has 0 spiro atoms. The number of nitrogens with one attached hydrogen (secondary N) is 1. The minimum Gasteiger partial charge on any atom is -0.324 e. The van der Waals surface area contributed by atoms with Crippen molar-refractivity contribution in [2.45, 2.75) is 45.1 Å². The highest BCUT2D eigenvalue weighted by atomic mass is 15.4. The molecule has 0 atom stereocenters. The van der Waals surface area contributed by atoms with E-state index in [1.165, 1.54) is 32.1 Å². The third kappa shape index (κ3) is 3.74. The molecule has 1 aliphatic rings. The summed E-state index contributed by atoms with van der Waals surface area (Å²) in [4.78, 5) is 9.18. The van der Waals surface area contributed by atoms with Crippen LogP contribution in [-0.4, -0.2) is 26.0 Å². The number of aromatic nitrogens is 4. The zero-order chi connectivity index (χ0) is 19.3. The molecule has 1 N–H and O–H groups in total. The molecule has 7 heteroatoms. The maximum absolute atomic E-state index is 4.74. The molecule has 144 valence electrons. The van der Waals surface area contributed by atoms with E-state index in [2.05, 4.69) is 31.8 Å². The minimum absolute atomic E-state index is 0.442. The second-order valence-electron chi connectivity index (χ2n) is 6.93. The fourth-order valence-corrected chi connectivity index (χ4v) is 3.66. The monoisotopic (exact) mass is 375 g/mol. The minimum atomic E-state index is 0.442. The Morgan fingerprint density at radius 2 is 1.96 bits per heavy atom. The molecule has 0 bridgehead atoms. The lowest BCUT2D eigenvalue weighted by Crippen LogP contribution is -2.14.